The minimum Gasteiger partial charge on any atom is -0.417 e. The molecule has 0 bridgehead atoms. The molecule has 0 radical (unpaired) electrons. The molecule has 0 aliphatic carbocycles. The predicted molar refractivity (Wildman–Crippen MR) is 91.2 cm³/mol. The first kappa shape index (κ1) is 18.0. The van der Waals surface area contributed by atoms with E-state index in [0.29, 0.717) is 0 Å². The highest BCUT2D eigenvalue weighted by Crippen LogP contribution is 2.24. The maximum Gasteiger partial charge on any atom is 0.208 e. The third kappa shape index (κ3) is 7.23. The summed E-state index contributed by atoms with van der Waals surface area (Å²) in [6, 6.07) is 1.25. The Bertz CT molecular complexity index is 222. The number of nitrogens with zero attached hydrogens (tertiary/aromatic N) is 1. The molecule has 0 saturated heterocycles. The van der Waals surface area contributed by atoms with Gasteiger partial charge < -0.3 is 8.66 Å². The van der Waals surface area contributed by atoms with E-state index in [2.05, 4.69) is 58.8 Å². The number of rotatable bonds is 7. The molecule has 0 spiro atoms. The van der Waals surface area contributed by atoms with Crippen LogP contribution in [0.15, 0.2) is 0 Å². The summed E-state index contributed by atoms with van der Waals surface area (Å²) in [7, 11) is 1.04. The van der Waals surface area contributed by atoms with E-state index in [0.717, 1.165) is 0 Å². The maximum atomic E-state index is 5.60. The molecule has 0 saturated carbocycles. The van der Waals surface area contributed by atoms with Gasteiger partial charge in [-0.25, -0.2) is 0 Å². The Labute approximate surface area is 114 Å². The van der Waals surface area contributed by atoms with Gasteiger partial charge in [0.05, 0.1) is 0 Å². The van der Waals surface area contributed by atoms with Crippen LogP contribution in [0.2, 0.25) is 51.9 Å². The average Bonchev–Trinajstić information content (AvgIpc) is 2.08. The van der Waals surface area contributed by atoms with Crippen LogP contribution < -0.4 is 0 Å². The fraction of sp³-hybridized carbons (Fsp3) is 1.00. The van der Waals surface area contributed by atoms with Gasteiger partial charge in [0.2, 0.25) is 7.98 Å². The first-order chi connectivity index (χ1) is 7.40. The zero-order valence-corrected chi connectivity index (χ0v) is 17.2. The van der Waals surface area contributed by atoms with E-state index < -0.39 is 24.5 Å². The average molecular weight is 310 g/mol. The van der Waals surface area contributed by atoms with Gasteiger partial charge in [-0.15, -0.1) is 8.79 Å². The van der Waals surface area contributed by atoms with Crippen LogP contribution in [0.5, 0.6) is 0 Å². The highest BCUT2D eigenvalue weighted by Gasteiger charge is 2.34. The molecule has 0 aliphatic heterocycles. The monoisotopic (exact) mass is 309 g/mol. The molecule has 0 heterocycles. The first-order valence-electron chi connectivity index (χ1n) is 6.52. The van der Waals surface area contributed by atoms with Crippen molar-refractivity contribution in [3.63, 3.8) is 0 Å². The van der Waals surface area contributed by atoms with Gasteiger partial charge in [-0.2, -0.15) is 0 Å². The van der Waals surface area contributed by atoms with E-state index in [1.165, 1.54) is 19.0 Å². The van der Waals surface area contributed by atoms with Gasteiger partial charge in [-0.05, 0) is 25.6 Å². The molecule has 104 valence electrons. The van der Waals surface area contributed by atoms with Crippen molar-refractivity contribution >= 4 is 33.2 Å². The van der Waals surface area contributed by atoms with E-state index in [1.807, 2.05) is 7.11 Å². The Morgan fingerprint density at radius 1 is 0.941 bits per heavy atom. The van der Waals surface area contributed by atoms with Crippen LogP contribution in [0, 0.1) is 0 Å². The molecule has 0 amide bonds. The second kappa shape index (κ2) is 6.44. The Kier molecular flexibility index (Phi) is 6.82. The van der Waals surface area contributed by atoms with E-state index in [1.54, 1.807) is 0 Å². The Morgan fingerprint density at radius 3 is 1.65 bits per heavy atom. The molecule has 17 heavy (non-hydrogen) atoms. The van der Waals surface area contributed by atoms with Crippen molar-refractivity contribution in [2.45, 2.75) is 58.3 Å². The van der Waals surface area contributed by atoms with Crippen LogP contribution in [0.1, 0.15) is 6.42 Å². The lowest BCUT2D eigenvalue weighted by Crippen LogP contribution is -2.59. The SMILES string of the molecule is CO[Si](C)(P)CCCN([Si](C)(C)C)[Si](C)(C)C. The summed E-state index contributed by atoms with van der Waals surface area (Å²) in [5, 5.41) is 0. The van der Waals surface area contributed by atoms with Crippen molar-refractivity contribution in [1.29, 1.82) is 0 Å². The van der Waals surface area contributed by atoms with Crippen LogP contribution in [0.25, 0.3) is 0 Å². The first-order valence-corrected chi connectivity index (χ1v) is 17.8. The zero-order chi connectivity index (χ0) is 13.9. The van der Waals surface area contributed by atoms with Crippen LogP contribution >= 0.6 is 8.79 Å². The second-order valence-electron chi connectivity index (χ2n) is 7.11. The Balaban J connectivity index is 4.41. The summed E-state index contributed by atoms with van der Waals surface area (Å²) >= 11 is 0. The van der Waals surface area contributed by atoms with Gasteiger partial charge in [-0.1, -0.05) is 39.3 Å². The van der Waals surface area contributed by atoms with Gasteiger partial charge in [0.1, 0.15) is 16.5 Å². The topological polar surface area (TPSA) is 12.5 Å². The lowest BCUT2D eigenvalue weighted by Gasteiger charge is -2.44. The molecule has 6 heteroatoms. The minimum absolute atomic E-state index is 1.17. The molecule has 2 atom stereocenters. The second-order valence-corrected chi connectivity index (χ2v) is 24.5. The summed E-state index contributed by atoms with van der Waals surface area (Å²) in [5.41, 5.74) is 0. The predicted octanol–water partition coefficient (Wildman–Crippen LogP) is 3.94. The van der Waals surface area contributed by atoms with Crippen molar-refractivity contribution in [2.24, 2.45) is 0 Å². The van der Waals surface area contributed by atoms with Gasteiger partial charge in [0, 0.05) is 7.11 Å². The molecule has 0 rings (SSSR count). The zero-order valence-electron chi connectivity index (χ0n) is 13.1. The highest BCUT2D eigenvalue weighted by molar-refractivity contribution is 7.67. The van der Waals surface area contributed by atoms with E-state index in [9.17, 15) is 0 Å². The fourth-order valence-corrected chi connectivity index (χ4v) is 13.8. The van der Waals surface area contributed by atoms with Gasteiger partial charge in [-0.3, -0.25) is 0 Å². The molecule has 0 aromatic heterocycles. The highest BCUT2D eigenvalue weighted by atomic mass is 31.3. The summed E-state index contributed by atoms with van der Waals surface area (Å²) in [5.74, 6) is 0. The van der Waals surface area contributed by atoms with Gasteiger partial charge in [0.15, 0.2) is 0 Å². The summed E-state index contributed by atoms with van der Waals surface area (Å²) in [4.78, 5) is 0. The molecule has 0 N–H and O–H groups in total. The smallest absolute Gasteiger partial charge is 0.208 e. The van der Waals surface area contributed by atoms with Crippen molar-refractivity contribution in [2.75, 3.05) is 13.7 Å². The standard InChI is InChI=1S/C11H32NOPSi3/c1-13-17(8,14)11-9-10-12(15(2,3)4)16(5,6)7/h9-11,14H2,1-8H3. The minimum atomic E-state index is -1.44. The molecule has 0 aromatic rings. The van der Waals surface area contributed by atoms with E-state index >= 15 is 0 Å². The third-order valence-corrected chi connectivity index (χ3v) is 14.7. The molecule has 2 unspecified atom stereocenters. The lowest BCUT2D eigenvalue weighted by atomic mass is 10.5. The van der Waals surface area contributed by atoms with Crippen LogP contribution in [0.4, 0.5) is 0 Å². The van der Waals surface area contributed by atoms with Crippen molar-refractivity contribution in [1.82, 2.24) is 4.23 Å². The van der Waals surface area contributed by atoms with Crippen LogP contribution in [-0.2, 0) is 4.43 Å². The molecule has 0 fully saturated rings. The van der Waals surface area contributed by atoms with Crippen molar-refractivity contribution in [3.8, 4) is 0 Å². The largest absolute Gasteiger partial charge is 0.417 e. The van der Waals surface area contributed by atoms with E-state index in [-0.39, 0.29) is 0 Å². The van der Waals surface area contributed by atoms with Gasteiger partial charge in [0.25, 0.3) is 0 Å². The molecule has 0 aliphatic rings. The summed E-state index contributed by atoms with van der Waals surface area (Å²) in [6.45, 7) is 18.4. The van der Waals surface area contributed by atoms with Crippen molar-refractivity contribution in [3.05, 3.63) is 0 Å². The van der Waals surface area contributed by atoms with Crippen LogP contribution in [0.3, 0.4) is 0 Å². The van der Waals surface area contributed by atoms with Gasteiger partial charge >= 0.3 is 0 Å². The number of hydrogen-bond acceptors (Lipinski definition) is 2. The van der Waals surface area contributed by atoms with Crippen LogP contribution in [-0.4, -0.2) is 42.3 Å². The molecular weight excluding hydrogens is 277 g/mol. The van der Waals surface area contributed by atoms with Crippen molar-refractivity contribution < 1.29 is 4.43 Å². The summed E-state index contributed by atoms with van der Waals surface area (Å²) in [6.07, 6.45) is 1.29. The Hall–Kier alpha value is 1.00. The molecule has 2 nitrogen and oxygen atoms in total. The fourth-order valence-electron chi connectivity index (χ4n) is 2.37. The Morgan fingerprint density at radius 2 is 1.35 bits per heavy atom. The number of hydrogen-bond donors (Lipinski definition) is 0. The quantitative estimate of drug-likeness (QED) is 0.522. The third-order valence-electron chi connectivity index (χ3n) is 3.14. The maximum absolute atomic E-state index is 5.60. The molecular formula is C11H32NOPSi3. The molecule has 0 aromatic carbocycles. The summed E-state index contributed by atoms with van der Waals surface area (Å²) < 4.78 is 8.46. The normalized spacial score (nSPS) is 17.3. The van der Waals surface area contributed by atoms with E-state index in [4.69, 9.17) is 4.43 Å². The lowest BCUT2D eigenvalue weighted by molar-refractivity contribution is 0.413.